The van der Waals surface area contributed by atoms with Crippen LogP contribution in [0.3, 0.4) is 0 Å². The molecule has 0 saturated carbocycles. The summed E-state index contributed by atoms with van der Waals surface area (Å²) in [7, 11) is 0. The van der Waals surface area contributed by atoms with E-state index in [1.807, 2.05) is 19.1 Å². The molecule has 86 valence electrons. The highest BCUT2D eigenvalue weighted by Gasteiger charge is 2.13. The third kappa shape index (κ3) is 2.67. The van der Waals surface area contributed by atoms with Crippen LogP contribution in [0.15, 0.2) is 47.6 Å². The fourth-order valence-electron chi connectivity index (χ4n) is 1.75. The molecule has 1 N–H and O–H groups in total. The van der Waals surface area contributed by atoms with Gasteiger partial charge in [0, 0.05) is 6.42 Å². The molecule has 0 bridgehead atoms. The van der Waals surface area contributed by atoms with E-state index in [4.69, 9.17) is 15.1 Å². The molecule has 0 aliphatic heterocycles. The molecule has 1 aromatic carbocycles. The van der Waals surface area contributed by atoms with E-state index >= 15 is 0 Å². The average molecular weight is 227 g/mol. The Hall–Kier alpha value is -2.21. The second-order valence-corrected chi connectivity index (χ2v) is 3.97. The van der Waals surface area contributed by atoms with Crippen LogP contribution in [-0.2, 0) is 0 Å². The summed E-state index contributed by atoms with van der Waals surface area (Å²) in [5.41, 5.74) is 1.66. The summed E-state index contributed by atoms with van der Waals surface area (Å²) in [6.45, 7) is 1.90. The van der Waals surface area contributed by atoms with Crippen molar-refractivity contribution in [1.82, 2.24) is 0 Å². The van der Waals surface area contributed by atoms with Gasteiger partial charge in [0.15, 0.2) is 0 Å². The molecule has 17 heavy (non-hydrogen) atoms. The molecule has 1 unspecified atom stereocenters. The SMILES string of the molecule is CC1=CC(Oc2ccc(O)cc2)CC=C1C#N. The number of nitriles is 1. The fraction of sp³-hybridized carbons (Fsp3) is 0.214. The van der Waals surface area contributed by atoms with Crippen molar-refractivity contribution in [2.24, 2.45) is 0 Å². The second kappa shape index (κ2) is 4.75. The van der Waals surface area contributed by atoms with Gasteiger partial charge >= 0.3 is 0 Å². The maximum absolute atomic E-state index is 9.16. The van der Waals surface area contributed by atoms with Crippen LogP contribution in [0.1, 0.15) is 13.3 Å². The smallest absolute Gasteiger partial charge is 0.121 e. The first-order valence-electron chi connectivity index (χ1n) is 5.44. The zero-order chi connectivity index (χ0) is 12.3. The van der Waals surface area contributed by atoms with Gasteiger partial charge in [-0.3, -0.25) is 0 Å². The minimum atomic E-state index is -0.0448. The van der Waals surface area contributed by atoms with E-state index in [1.54, 1.807) is 24.3 Å². The van der Waals surface area contributed by atoms with Crippen LogP contribution in [0.5, 0.6) is 11.5 Å². The first-order valence-corrected chi connectivity index (χ1v) is 5.44. The molecule has 3 nitrogen and oxygen atoms in total. The summed E-state index contributed by atoms with van der Waals surface area (Å²) >= 11 is 0. The van der Waals surface area contributed by atoms with Gasteiger partial charge in [0.1, 0.15) is 17.6 Å². The zero-order valence-electron chi connectivity index (χ0n) is 9.55. The Bertz CT molecular complexity index is 506. The quantitative estimate of drug-likeness (QED) is 0.845. The van der Waals surface area contributed by atoms with Crippen molar-refractivity contribution >= 4 is 0 Å². The van der Waals surface area contributed by atoms with Gasteiger partial charge in [0.2, 0.25) is 0 Å². The molecular weight excluding hydrogens is 214 g/mol. The molecule has 1 atom stereocenters. The summed E-state index contributed by atoms with van der Waals surface area (Å²) in [4.78, 5) is 0. The van der Waals surface area contributed by atoms with Crippen LogP contribution >= 0.6 is 0 Å². The number of phenolic OH excluding ortho intramolecular Hbond substituents is 1. The Morgan fingerprint density at radius 2 is 2.06 bits per heavy atom. The van der Waals surface area contributed by atoms with E-state index in [0.29, 0.717) is 12.2 Å². The molecule has 0 spiro atoms. The average Bonchev–Trinajstić information content (AvgIpc) is 2.32. The van der Waals surface area contributed by atoms with Gasteiger partial charge in [-0.05, 0) is 42.8 Å². The van der Waals surface area contributed by atoms with E-state index in [2.05, 4.69) is 6.07 Å². The number of benzene rings is 1. The molecule has 3 heteroatoms. The lowest BCUT2D eigenvalue weighted by Crippen LogP contribution is -2.16. The summed E-state index contributed by atoms with van der Waals surface area (Å²) in [5, 5.41) is 18.0. The maximum Gasteiger partial charge on any atom is 0.121 e. The van der Waals surface area contributed by atoms with E-state index in [-0.39, 0.29) is 11.9 Å². The summed E-state index contributed by atoms with van der Waals surface area (Å²) in [6, 6.07) is 8.78. The fourth-order valence-corrected chi connectivity index (χ4v) is 1.75. The van der Waals surface area contributed by atoms with Crippen LogP contribution < -0.4 is 4.74 Å². The van der Waals surface area contributed by atoms with Crippen molar-refractivity contribution in [1.29, 1.82) is 5.26 Å². The van der Waals surface area contributed by atoms with Gasteiger partial charge in [0.05, 0.1) is 11.6 Å². The summed E-state index contributed by atoms with van der Waals surface area (Å²) < 4.78 is 5.73. The predicted molar refractivity (Wildman–Crippen MR) is 64.6 cm³/mol. The molecular formula is C14H13NO2. The highest BCUT2D eigenvalue weighted by molar-refractivity contribution is 5.43. The van der Waals surface area contributed by atoms with Crippen molar-refractivity contribution < 1.29 is 9.84 Å². The second-order valence-electron chi connectivity index (χ2n) is 3.97. The molecule has 0 radical (unpaired) electrons. The van der Waals surface area contributed by atoms with Gasteiger partial charge in [-0.2, -0.15) is 5.26 Å². The van der Waals surface area contributed by atoms with Crippen LogP contribution in [0.25, 0.3) is 0 Å². The van der Waals surface area contributed by atoms with Crippen LogP contribution in [-0.4, -0.2) is 11.2 Å². The topological polar surface area (TPSA) is 53.2 Å². The number of rotatable bonds is 2. The van der Waals surface area contributed by atoms with E-state index in [9.17, 15) is 0 Å². The van der Waals surface area contributed by atoms with Crippen molar-refractivity contribution in [2.75, 3.05) is 0 Å². The molecule has 0 heterocycles. The van der Waals surface area contributed by atoms with E-state index in [1.165, 1.54) is 0 Å². The zero-order valence-corrected chi connectivity index (χ0v) is 9.55. The van der Waals surface area contributed by atoms with Crippen LogP contribution in [0.4, 0.5) is 0 Å². The highest BCUT2D eigenvalue weighted by atomic mass is 16.5. The summed E-state index contributed by atoms with van der Waals surface area (Å²) in [5.74, 6) is 0.935. The molecule has 1 aliphatic carbocycles. The highest BCUT2D eigenvalue weighted by Crippen LogP contribution is 2.23. The first kappa shape index (κ1) is 11.3. The third-order valence-corrected chi connectivity index (χ3v) is 2.66. The summed E-state index contributed by atoms with van der Waals surface area (Å²) in [6.07, 6.45) is 4.49. The molecule has 0 saturated heterocycles. The number of nitrogens with zero attached hydrogens (tertiary/aromatic N) is 1. The molecule has 1 aliphatic rings. The van der Waals surface area contributed by atoms with E-state index in [0.717, 1.165) is 11.1 Å². The van der Waals surface area contributed by atoms with Gasteiger partial charge in [0.25, 0.3) is 0 Å². The Balaban J connectivity index is 2.06. The normalized spacial score (nSPS) is 18.9. The number of allylic oxidation sites excluding steroid dienone is 2. The lowest BCUT2D eigenvalue weighted by molar-refractivity contribution is 0.250. The van der Waals surface area contributed by atoms with Gasteiger partial charge in [-0.15, -0.1) is 0 Å². The Morgan fingerprint density at radius 1 is 1.35 bits per heavy atom. The molecule has 2 rings (SSSR count). The Kier molecular flexibility index (Phi) is 3.15. The minimum Gasteiger partial charge on any atom is -0.508 e. The van der Waals surface area contributed by atoms with Crippen LogP contribution in [0, 0.1) is 11.3 Å². The van der Waals surface area contributed by atoms with E-state index < -0.39 is 0 Å². The van der Waals surface area contributed by atoms with Crippen molar-refractivity contribution in [3.8, 4) is 17.6 Å². The lowest BCUT2D eigenvalue weighted by Gasteiger charge is -2.19. The van der Waals surface area contributed by atoms with Crippen molar-refractivity contribution in [3.05, 3.63) is 47.6 Å². The molecule has 0 amide bonds. The third-order valence-electron chi connectivity index (χ3n) is 2.66. The van der Waals surface area contributed by atoms with Crippen LogP contribution in [0.2, 0.25) is 0 Å². The number of hydrogen-bond acceptors (Lipinski definition) is 3. The maximum atomic E-state index is 9.16. The van der Waals surface area contributed by atoms with Crippen molar-refractivity contribution in [3.63, 3.8) is 0 Å². The number of hydrogen-bond donors (Lipinski definition) is 1. The standard InChI is InChI=1S/C14H13NO2/c1-10-8-14(5-2-11(10)9-15)17-13-6-3-12(16)4-7-13/h2-4,6-8,14,16H,5H2,1H3. The molecule has 0 fully saturated rings. The Morgan fingerprint density at radius 3 is 2.65 bits per heavy atom. The Labute approximate surface area is 100 Å². The van der Waals surface area contributed by atoms with Gasteiger partial charge in [-0.1, -0.05) is 6.08 Å². The monoisotopic (exact) mass is 227 g/mol. The molecule has 0 aromatic heterocycles. The van der Waals surface area contributed by atoms with Gasteiger partial charge < -0.3 is 9.84 Å². The van der Waals surface area contributed by atoms with Gasteiger partial charge in [-0.25, -0.2) is 0 Å². The lowest BCUT2D eigenvalue weighted by atomic mass is 9.98. The number of phenols is 1. The number of aromatic hydroxyl groups is 1. The predicted octanol–water partition coefficient (Wildman–Crippen LogP) is 2.94. The number of ether oxygens (including phenoxy) is 1. The van der Waals surface area contributed by atoms with Crippen molar-refractivity contribution in [2.45, 2.75) is 19.4 Å². The first-order chi connectivity index (χ1) is 8.19. The molecule has 1 aromatic rings. The minimum absolute atomic E-state index is 0.0448. The largest absolute Gasteiger partial charge is 0.508 e.